The van der Waals surface area contributed by atoms with Gasteiger partial charge in [-0.05, 0) is 43.0 Å². The van der Waals surface area contributed by atoms with Crippen molar-refractivity contribution >= 4 is 6.03 Å². The molecule has 2 aromatic rings. The van der Waals surface area contributed by atoms with Crippen LogP contribution in [0, 0.1) is 11.7 Å². The number of carbonyl (C=O) groups excluding carboxylic acids is 1. The molecule has 5 nitrogen and oxygen atoms in total. The Morgan fingerprint density at radius 3 is 3.04 bits per heavy atom. The van der Waals surface area contributed by atoms with E-state index >= 15 is 0 Å². The third kappa shape index (κ3) is 2.99. The van der Waals surface area contributed by atoms with Crippen molar-refractivity contribution in [2.45, 2.75) is 18.9 Å². The van der Waals surface area contributed by atoms with Crippen LogP contribution >= 0.6 is 0 Å². The van der Waals surface area contributed by atoms with Gasteiger partial charge in [0, 0.05) is 30.9 Å². The molecule has 1 N–H and O–H groups in total. The number of piperidine rings is 1. The summed E-state index contributed by atoms with van der Waals surface area (Å²) in [6.45, 7) is 3.22. The van der Waals surface area contributed by atoms with Crippen LogP contribution in [0.1, 0.15) is 12.8 Å². The molecule has 3 atom stereocenters. The fourth-order valence-corrected chi connectivity index (χ4v) is 3.66. The summed E-state index contributed by atoms with van der Waals surface area (Å²) < 4.78 is 14.6. The van der Waals surface area contributed by atoms with Gasteiger partial charge >= 0.3 is 6.03 Å². The van der Waals surface area contributed by atoms with Crippen LogP contribution < -0.4 is 5.32 Å². The zero-order valence-corrected chi connectivity index (χ0v) is 12.8. The molecular formula is C17H19FN4O. The summed E-state index contributed by atoms with van der Waals surface area (Å²) in [6.07, 6.45) is 5.50. The summed E-state index contributed by atoms with van der Waals surface area (Å²) in [7, 11) is 0. The van der Waals surface area contributed by atoms with E-state index in [0.717, 1.165) is 31.6 Å². The molecule has 2 fully saturated rings. The Hall–Kier alpha value is -2.21. The van der Waals surface area contributed by atoms with Gasteiger partial charge in [-0.1, -0.05) is 12.1 Å². The molecule has 2 saturated heterocycles. The van der Waals surface area contributed by atoms with E-state index in [1.165, 1.54) is 23.2 Å². The van der Waals surface area contributed by atoms with Gasteiger partial charge < -0.3 is 10.2 Å². The molecule has 1 aromatic heterocycles. The third-order valence-corrected chi connectivity index (χ3v) is 4.74. The highest BCUT2D eigenvalue weighted by molar-refractivity contribution is 5.77. The first-order chi connectivity index (χ1) is 11.2. The van der Waals surface area contributed by atoms with Gasteiger partial charge in [0.2, 0.25) is 0 Å². The largest absolute Gasteiger partial charge is 0.342 e. The van der Waals surface area contributed by atoms with E-state index in [9.17, 15) is 9.18 Å². The van der Waals surface area contributed by atoms with Crippen LogP contribution in [0.5, 0.6) is 0 Å². The molecule has 0 spiro atoms. The number of carbonyl (C=O) groups is 1. The van der Waals surface area contributed by atoms with Crippen molar-refractivity contribution in [1.29, 1.82) is 0 Å². The van der Waals surface area contributed by atoms with Gasteiger partial charge in [-0.25, -0.2) is 9.18 Å². The van der Waals surface area contributed by atoms with Gasteiger partial charge in [-0.15, -0.1) is 0 Å². The zero-order chi connectivity index (χ0) is 15.8. The van der Waals surface area contributed by atoms with Gasteiger partial charge in [0.25, 0.3) is 0 Å². The van der Waals surface area contributed by atoms with E-state index in [1.54, 1.807) is 24.5 Å². The summed E-state index contributed by atoms with van der Waals surface area (Å²) in [6, 6.07) is 6.24. The molecule has 0 aliphatic carbocycles. The van der Waals surface area contributed by atoms with Crippen molar-refractivity contribution in [3.63, 3.8) is 0 Å². The lowest BCUT2D eigenvalue weighted by Gasteiger charge is -2.30. The number of fused-ring (bicyclic) bond motifs is 2. The molecule has 3 unspecified atom stereocenters. The zero-order valence-electron chi connectivity index (χ0n) is 12.8. The van der Waals surface area contributed by atoms with Gasteiger partial charge in [0.15, 0.2) is 0 Å². The van der Waals surface area contributed by atoms with Crippen LogP contribution in [0.3, 0.4) is 0 Å². The van der Waals surface area contributed by atoms with Gasteiger partial charge in [-0.2, -0.15) is 9.78 Å². The summed E-state index contributed by atoms with van der Waals surface area (Å²) >= 11 is 0. The Kier molecular flexibility index (Phi) is 3.61. The Labute approximate surface area is 134 Å². The van der Waals surface area contributed by atoms with Gasteiger partial charge in [0.1, 0.15) is 5.82 Å². The van der Waals surface area contributed by atoms with Crippen molar-refractivity contribution in [2.24, 2.45) is 5.92 Å². The molecule has 0 saturated carbocycles. The molecule has 1 aromatic carbocycles. The highest BCUT2D eigenvalue weighted by Gasteiger charge is 2.33. The van der Waals surface area contributed by atoms with Crippen LogP contribution in [0.2, 0.25) is 0 Å². The highest BCUT2D eigenvalue weighted by atomic mass is 19.1. The fraction of sp³-hybridized carbons (Fsp3) is 0.412. The van der Waals surface area contributed by atoms with Crippen LogP contribution in [0.4, 0.5) is 9.18 Å². The Balaban J connectivity index is 1.45. The number of hydrogen-bond donors (Lipinski definition) is 1. The quantitative estimate of drug-likeness (QED) is 0.925. The molecule has 2 bridgehead atoms. The maximum Gasteiger partial charge on any atom is 0.342 e. The number of hydrogen-bond acceptors (Lipinski definition) is 3. The second-order valence-electron chi connectivity index (χ2n) is 6.48. The topological polar surface area (TPSA) is 50.2 Å². The van der Waals surface area contributed by atoms with Crippen molar-refractivity contribution in [3.05, 3.63) is 42.5 Å². The van der Waals surface area contributed by atoms with Crippen molar-refractivity contribution in [1.82, 2.24) is 20.0 Å². The summed E-state index contributed by atoms with van der Waals surface area (Å²) in [5.41, 5.74) is 1.44. The summed E-state index contributed by atoms with van der Waals surface area (Å²) in [4.78, 5) is 14.8. The smallest absolute Gasteiger partial charge is 0.332 e. The van der Waals surface area contributed by atoms with Crippen molar-refractivity contribution < 1.29 is 9.18 Å². The summed E-state index contributed by atoms with van der Waals surface area (Å²) in [5, 5.41) is 7.17. The maximum atomic E-state index is 13.3. The minimum atomic E-state index is -0.300. The standard InChI is InChI=1S/C17H19FN4O/c18-15-3-1-2-13(7-15)14-8-19-22(10-14)17(23)20-16-6-12-4-5-21(9-12)11-16/h1-3,7-8,10,12,16H,4-6,9,11H2,(H,20,23). The second kappa shape index (κ2) is 5.77. The number of amides is 1. The van der Waals surface area contributed by atoms with Gasteiger partial charge in [0.05, 0.1) is 6.20 Å². The lowest BCUT2D eigenvalue weighted by Crippen LogP contribution is -2.48. The Morgan fingerprint density at radius 2 is 2.22 bits per heavy atom. The number of nitrogens with zero attached hydrogens (tertiary/aromatic N) is 3. The molecule has 0 radical (unpaired) electrons. The molecular weight excluding hydrogens is 295 g/mol. The minimum Gasteiger partial charge on any atom is -0.332 e. The number of nitrogens with one attached hydrogen (secondary N) is 1. The van der Waals surface area contributed by atoms with Crippen LogP contribution in [0.15, 0.2) is 36.7 Å². The highest BCUT2D eigenvalue weighted by Crippen LogP contribution is 2.26. The van der Waals surface area contributed by atoms with Crippen molar-refractivity contribution in [2.75, 3.05) is 19.6 Å². The van der Waals surface area contributed by atoms with E-state index in [4.69, 9.17) is 0 Å². The number of rotatable bonds is 2. The molecule has 23 heavy (non-hydrogen) atoms. The lowest BCUT2D eigenvalue weighted by atomic mass is 9.97. The van der Waals surface area contributed by atoms with E-state index in [0.29, 0.717) is 11.5 Å². The molecule has 6 heteroatoms. The molecule has 2 aliphatic heterocycles. The average Bonchev–Trinajstić information content (AvgIpc) is 3.14. The lowest BCUT2D eigenvalue weighted by molar-refractivity contribution is 0.204. The molecule has 120 valence electrons. The number of benzene rings is 1. The van der Waals surface area contributed by atoms with Crippen LogP contribution in [-0.4, -0.2) is 46.4 Å². The van der Waals surface area contributed by atoms with Crippen molar-refractivity contribution in [3.8, 4) is 11.1 Å². The summed E-state index contributed by atoms with van der Waals surface area (Å²) in [5.74, 6) is 0.404. The maximum absolute atomic E-state index is 13.3. The molecule has 4 rings (SSSR count). The monoisotopic (exact) mass is 314 g/mol. The van der Waals surface area contributed by atoms with Crippen LogP contribution in [-0.2, 0) is 0 Å². The second-order valence-corrected chi connectivity index (χ2v) is 6.48. The minimum absolute atomic E-state index is 0.186. The number of aromatic nitrogens is 2. The Bertz CT molecular complexity index is 717. The van der Waals surface area contributed by atoms with E-state index in [-0.39, 0.29) is 17.9 Å². The van der Waals surface area contributed by atoms with Crippen LogP contribution in [0.25, 0.3) is 11.1 Å². The van der Waals surface area contributed by atoms with Gasteiger partial charge in [-0.3, -0.25) is 0 Å². The molecule has 3 heterocycles. The normalized spacial score (nSPS) is 26.2. The first kappa shape index (κ1) is 14.4. The average molecular weight is 314 g/mol. The first-order valence-corrected chi connectivity index (χ1v) is 8.01. The number of halogens is 1. The van der Waals surface area contributed by atoms with E-state index in [2.05, 4.69) is 15.3 Å². The first-order valence-electron chi connectivity index (χ1n) is 8.01. The third-order valence-electron chi connectivity index (χ3n) is 4.74. The molecule has 2 aliphatic rings. The Morgan fingerprint density at radius 1 is 1.30 bits per heavy atom. The molecule has 1 amide bonds. The SMILES string of the molecule is O=C(NC1CC2CCN(C2)C1)n1cc(-c2cccc(F)c2)cn1. The van der Waals surface area contributed by atoms with E-state index in [1.807, 2.05) is 0 Å². The fourth-order valence-electron chi connectivity index (χ4n) is 3.66. The van der Waals surface area contributed by atoms with E-state index < -0.39 is 0 Å². The predicted molar refractivity (Wildman–Crippen MR) is 84.5 cm³/mol. The predicted octanol–water partition coefficient (Wildman–Crippen LogP) is 2.34.